The van der Waals surface area contributed by atoms with Gasteiger partial charge < -0.3 is 9.47 Å². The molecule has 5 heteroatoms. The Morgan fingerprint density at radius 1 is 1.53 bits per heavy atom. The molecule has 0 aliphatic carbocycles. The molecule has 0 unspecified atom stereocenters. The smallest absolute Gasteiger partial charge is 0.339 e. The van der Waals surface area contributed by atoms with E-state index in [4.69, 9.17) is 26.3 Å². The van der Waals surface area contributed by atoms with Gasteiger partial charge in [-0.15, -0.1) is 11.6 Å². The number of rotatable bonds is 4. The van der Waals surface area contributed by atoms with Crippen molar-refractivity contribution in [3.63, 3.8) is 0 Å². The first-order valence-corrected chi connectivity index (χ1v) is 5.55. The Hall–Kier alpha value is -1.73. The molecule has 0 fully saturated rings. The van der Waals surface area contributed by atoms with Crippen LogP contribution in [0.25, 0.3) is 0 Å². The maximum atomic E-state index is 11.7. The molecule has 0 atom stereocenters. The fourth-order valence-corrected chi connectivity index (χ4v) is 1.55. The van der Waals surface area contributed by atoms with Gasteiger partial charge in [0.05, 0.1) is 19.3 Å². The van der Waals surface area contributed by atoms with Crippen molar-refractivity contribution in [1.29, 1.82) is 5.26 Å². The highest BCUT2D eigenvalue weighted by molar-refractivity contribution is 6.17. The first-order chi connectivity index (χ1) is 8.17. The molecule has 0 bridgehead atoms. The number of hydrogen-bond donors (Lipinski definition) is 0. The molecule has 0 aliphatic rings. The summed E-state index contributed by atoms with van der Waals surface area (Å²) in [7, 11) is 1.43. The summed E-state index contributed by atoms with van der Waals surface area (Å²) in [4.78, 5) is 11.7. The summed E-state index contributed by atoms with van der Waals surface area (Å²) in [5.41, 5.74) is 1.05. The van der Waals surface area contributed by atoms with E-state index in [-0.39, 0.29) is 23.6 Å². The molecule has 1 rings (SSSR count). The van der Waals surface area contributed by atoms with E-state index < -0.39 is 5.97 Å². The molecular weight excluding hydrogens is 242 g/mol. The van der Waals surface area contributed by atoms with Crippen LogP contribution in [0.5, 0.6) is 5.75 Å². The van der Waals surface area contributed by atoms with Crippen molar-refractivity contribution in [3.05, 3.63) is 28.8 Å². The maximum Gasteiger partial charge on any atom is 0.339 e. The standard InChI is InChI=1S/C12H12ClNO3/c1-3-17-12(15)9-4-8(6-13)5-11(16-2)10(9)7-14/h4-5H,3,6H2,1-2H3. The van der Waals surface area contributed by atoms with Crippen LogP contribution < -0.4 is 4.74 Å². The van der Waals surface area contributed by atoms with Crippen LogP contribution in [-0.4, -0.2) is 19.7 Å². The first-order valence-electron chi connectivity index (χ1n) is 5.02. The minimum Gasteiger partial charge on any atom is -0.495 e. The molecular formula is C12H12ClNO3. The Kier molecular flexibility index (Phi) is 4.80. The second-order valence-corrected chi connectivity index (χ2v) is 3.45. The predicted molar refractivity (Wildman–Crippen MR) is 63.2 cm³/mol. The number of nitrogens with zero attached hydrogens (tertiary/aromatic N) is 1. The van der Waals surface area contributed by atoms with Gasteiger partial charge >= 0.3 is 5.97 Å². The van der Waals surface area contributed by atoms with Gasteiger partial charge in [-0.1, -0.05) is 0 Å². The van der Waals surface area contributed by atoms with E-state index in [1.807, 2.05) is 6.07 Å². The second-order valence-electron chi connectivity index (χ2n) is 3.19. The number of alkyl halides is 1. The van der Waals surface area contributed by atoms with Crippen molar-refractivity contribution in [3.8, 4) is 11.8 Å². The van der Waals surface area contributed by atoms with Gasteiger partial charge in [-0.3, -0.25) is 0 Å². The average molecular weight is 254 g/mol. The van der Waals surface area contributed by atoms with Gasteiger partial charge in [-0.25, -0.2) is 4.79 Å². The molecule has 0 saturated carbocycles. The molecule has 4 nitrogen and oxygen atoms in total. The fraction of sp³-hybridized carbons (Fsp3) is 0.333. The Labute approximate surface area is 105 Å². The lowest BCUT2D eigenvalue weighted by atomic mass is 10.0. The van der Waals surface area contributed by atoms with Crippen molar-refractivity contribution >= 4 is 17.6 Å². The highest BCUT2D eigenvalue weighted by Crippen LogP contribution is 2.25. The molecule has 1 aromatic rings. The first kappa shape index (κ1) is 13.3. The van der Waals surface area contributed by atoms with Gasteiger partial charge in [0.15, 0.2) is 0 Å². The van der Waals surface area contributed by atoms with Crippen LogP contribution in [0, 0.1) is 11.3 Å². The molecule has 0 radical (unpaired) electrons. The number of benzene rings is 1. The van der Waals surface area contributed by atoms with Crippen molar-refractivity contribution < 1.29 is 14.3 Å². The third-order valence-corrected chi connectivity index (χ3v) is 2.45. The fourth-order valence-electron chi connectivity index (χ4n) is 1.40. The molecule has 0 N–H and O–H groups in total. The highest BCUT2D eigenvalue weighted by atomic mass is 35.5. The van der Waals surface area contributed by atoms with Crippen LogP contribution in [0.3, 0.4) is 0 Å². The second kappa shape index (κ2) is 6.12. The molecule has 1 aromatic carbocycles. The van der Waals surface area contributed by atoms with Crippen molar-refractivity contribution in [2.45, 2.75) is 12.8 Å². The largest absolute Gasteiger partial charge is 0.495 e. The van der Waals surface area contributed by atoms with Crippen LogP contribution in [-0.2, 0) is 10.6 Å². The van der Waals surface area contributed by atoms with E-state index in [0.717, 1.165) is 0 Å². The summed E-state index contributed by atoms with van der Waals surface area (Å²) in [6, 6.07) is 5.12. The van der Waals surface area contributed by atoms with Gasteiger partial charge in [-0.05, 0) is 24.6 Å². The molecule has 90 valence electrons. The Balaban J connectivity index is 3.35. The Morgan fingerprint density at radius 3 is 2.71 bits per heavy atom. The van der Waals surface area contributed by atoms with E-state index >= 15 is 0 Å². The number of carbonyl (C=O) groups is 1. The molecule has 0 aliphatic heterocycles. The zero-order valence-electron chi connectivity index (χ0n) is 9.62. The van der Waals surface area contributed by atoms with E-state index in [1.165, 1.54) is 7.11 Å². The van der Waals surface area contributed by atoms with Crippen LogP contribution in [0.2, 0.25) is 0 Å². The molecule has 0 heterocycles. The Morgan fingerprint density at radius 2 is 2.24 bits per heavy atom. The molecule has 17 heavy (non-hydrogen) atoms. The van der Waals surface area contributed by atoms with E-state index in [0.29, 0.717) is 11.3 Å². The number of nitriles is 1. The van der Waals surface area contributed by atoms with Crippen molar-refractivity contribution in [2.75, 3.05) is 13.7 Å². The van der Waals surface area contributed by atoms with E-state index in [2.05, 4.69) is 0 Å². The average Bonchev–Trinajstić information content (AvgIpc) is 2.37. The lowest BCUT2D eigenvalue weighted by molar-refractivity contribution is 0.0525. The van der Waals surface area contributed by atoms with Crippen LogP contribution >= 0.6 is 11.6 Å². The van der Waals surface area contributed by atoms with Crippen LogP contribution in [0.4, 0.5) is 0 Å². The van der Waals surface area contributed by atoms with E-state index in [9.17, 15) is 4.79 Å². The number of halogens is 1. The number of ether oxygens (including phenoxy) is 2. The monoisotopic (exact) mass is 253 g/mol. The zero-order valence-corrected chi connectivity index (χ0v) is 10.4. The molecule has 0 amide bonds. The summed E-state index contributed by atoms with van der Waals surface area (Å²) in [6.45, 7) is 1.95. The quantitative estimate of drug-likeness (QED) is 0.611. The van der Waals surface area contributed by atoms with Gasteiger partial charge in [0.25, 0.3) is 0 Å². The topological polar surface area (TPSA) is 59.3 Å². The SMILES string of the molecule is CCOC(=O)c1cc(CCl)cc(OC)c1C#N. The van der Waals surface area contributed by atoms with Crippen LogP contribution in [0.1, 0.15) is 28.4 Å². The van der Waals surface area contributed by atoms with E-state index in [1.54, 1.807) is 19.1 Å². The lowest BCUT2D eigenvalue weighted by Crippen LogP contribution is -2.08. The van der Waals surface area contributed by atoms with Gasteiger partial charge in [-0.2, -0.15) is 5.26 Å². The number of carbonyl (C=O) groups excluding carboxylic acids is 1. The number of methoxy groups -OCH3 is 1. The minimum absolute atomic E-state index is 0.166. The lowest BCUT2D eigenvalue weighted by Gasteiger charge is -2.10. The normalized spacial score (nSPS) is 9.53. The minimum atomic E-state index is -0.547. The summed E-state index contributed by atoms with van der Waals surface area (Å²) < 4.78 is 9.94. The maximum absolute atomic E-state index is 11.7. The summed E-state index contributed by atoms with van der Waals surface area (Å²) in [6.07, 6.45) is 0. The number of hydrogen-bond acceptors (Lipinski definition) is 4. The zero-order chi connectivity index (χ0) is 12.8. The van der Waals surface area contributed by atoms with Gasteiger partial charge in [0.1, 0.15) is 17.4 Å². The van der Waals surface area contributed by atoms with Crippen molar-refractivity contribution in [2.24, 2.45) is 0 Å². The molecule has 0 spiro atoms. The van der Waals surface area contributed by atoms with Crippen LogP contribution in [0.15, 0.2) is 12.1 Å². The van der Waals surface area contributed by atoms with Crippen molar-refractivity contribution in [1.82, 2.24) is 0 Å². The summed E-state index contributed by atoms with van der Waals surface area (Å²) in [5.74, 6) is 0.0112. The highest BCUT2D eigenvalue weighted by Gasteiger charge is 2.18. The number of esters is 1. The third kappa shape index (κ3) is 2.89. The molecule has 0 saturated heterocycles. The molecule has 0 aromatic heterocycles. The Bertz CT molecular complexity index is 466. The van der Waals surface area contributed by atoms with Gasteiger partial charge in [0.2, 0.25) is 0 Å². The summed E-state index contributed by atoms with van der Waals surface area (Å²) in [5, 5.41) is 9.04. The third-order valence-electron chi connectivity index (χ3n) is 2.14. The van der Waals surface area contributed by atoms with Gasteiger partial charge in [0, 0.05) is 5.88 Å². The predicted octanol–water partition coefficient (Wildman–Crippen LogP) is 2.48. The summed E-state index contributed by atoms with van der Waals surface area (Å²) >= 11 is 5.71.